The number of benzene rings is 1. The predicted molar refractivity (Wildman–Crippen MR) is 83.5 cm³/mol. The van der Waals surface area contributed by atoms with Crippen LogP contribution in [0.5, 0.6) is 0 Å². The van der Waals surface area contributed by atoms with Gasteiger partial charge in [-0.2, -0.15) is 0 Å². The van der Waals surface area contributed by atoms with Crippen molar-refractivity contribution in [2.24, 2.45) is 0 Å². The Morgan fingerprint density at radius 1 is 1.39 bits per heavy atom. The van der Waals surface area contributed by atoms with Gasteiger partial charge in [0.15, 0.2) is 0 Å². The highest BCUT2D eigenvalue weighted by molar-refractivity contribution is 9.10. The van der Waals surface area contributed by atoms with Crippen molar-refractivity contribution in [3.63, 3.8) is 0 Å². The number of fused-ring (bicyclic) bond motifs is 1. The summed E-state index contributed by atoms with van der Waals surface area (Å²) in [5.74, 6) is 0.640. The molecule has 18 heavy (non-hydrogen) atoms. The molecule has 0 amide bonds. The Labute approximate surface area is 121 Å². The monoisotopic (exact) mass is 326 g/mol. The van der Waals surface area contributed by atoms with Gasteiger partial charge in [0.2, 0.25) is 0 Å². The smallest absolute Gasteiger partial charge is 0.0982 e. The number of likely N-dealkylation sites (tertiary alicyclic amines) is 1. The van der Waals surface area contributed by atoms with Gasteiger partial charge in [-0.1, -0.05) is 29.8 Å². The van der Waals surface area contributed by atoms with E-state index in [4.69, 9.17) is 4.98 Å². The summed E-state index contributed by atoms with van der Waals surface area (Å²) in [5, 5.41) is 1.30. The van der Waals surface area contributed by atoms with E-state index in [0.29, 0.717) is 5.92 Å². The summed E-state index contributed by atoms with van der Waals surface area (Å²) in [4.78, 5) is 7.13. The molecule has 0 saturated carbocycles. The second-order valence-electron chi connectivity index (χ2n) is 4.41. The number of halogens is 1. The van der Waals surface area contributed by atoms with Gasteiger partial charge in [-0.3, -0.25) is 0 Å². The van der Waals surface area contributed by atoms with Gasteiger partial charge in [0.05, 0.1) is 15.2 Å². The van der Waals surface area contributed by atoms with E-state index in [1.54, 1.807) is 0 Å². The van der Waals surface area contributed by atoms with Gasteiger partial charge in [-0.15, -0.1) is 11.3 Å². The van der Waals surface area contributed by atoms with Crippen molar-refractivity contribution in [2.45, 2.75) is 26.2 Å². The molecule has 1 aliphatic heterocycles. The van der Waals surface area contributed by atoms with Crippen LogP contribution in [0.3, 0.4) is 0 Å². The van der Waals surface area contributed by atoms with E-state index in [0.717, 1.165) is 16.5 Å². The molecule has 0 N–H and O–H groups in total. The average molecular weight is 327 g/mol. The molecule has 1 aromatic heterocycles. The fourth-order valence-corrected chi connectivity index (χ4v) is 3.65. The molecule has 3 rings (SSSR count). The van der Waals surface area contributed by atoms with Crippen molar-refractivity contribution in [1.82, 2.24) is 9.88 Å². The van der Waals surface area contributed by atoms with Crippen LogP contribution >= 0.6 is 27.3 Å². The summed E-state index contributed by atoms with van der Waals surface area (Å²) < 4.78 is 2.41. The largest absolute Gasteiger partial charge is 0.306 e. The van der Waals surface area contributed by atoms with Gasteiger partial charge < -0.3 is 4.90 Å². The Balaban J connectivity index is 0.000000574. The maximum atomic E-state index is 4.75. The van der Waals surface area contributed by atoms with Crippen molar-refractivity contribution >= 4 is 37.5 Å². The van der Waals surface area contributed by atoms with Gasteiger partial charge in [0.1, 0.15) is 0 Å². The Kier molecular flexibility index (Phi) is 4.76. The summed E-state index contributed by atoms with van der Waals surface area (Å²) in [5.41, 5.74) is 1.13. The third-order valence-electron chi connectivity index (χ3n) is 3.11. The van der Waals surface area contributed by atoms with Crippen molar-refractivity contribution in [3.8, 4) is 0 Å². The minimum absolute atomic E-state index is 0.640. The minimum atomic E-state index is 0.640. The van der Waals surface area contributed by atoms with Crippen LogP contribution in [0.25, 0.3) is 10.2 Å². The van der Waals surface area contributed by atoms with Crippen molar-refractivity contribution < 1.29 is 0 Å². The number of nitrogens with zero attached hydrogens (tertiary/aromatic N) is 2. The maximum absolute atomic E-state index is 4.75. The van der Waals surface area contributed by atoms with E-state index in [9.17, 15) is 0 Å². The summed E-state index contributed by atoms with van der Waals surface area (Å²) in [6, 6.07) is 6.35. The van der Waals surface area contributed by atoms with Crippen LogP contribution < -0.4 is 0 Å². The molecule has 98 valence electrons. The van der Waals surface area contributed by atoms with Crippen molar-refractivity contribution in [3.05, 3.63) is 27.7 Å². The van der Waals surface area contributed by atoms with Gasteiger partial charge in [-0.25, -0.2) is 4.98 Å². The zero-order valence-electron chi connectivity index (χ0n) is 11.1. The van der Waals surface area contributed by atoms with E-state index in [2.05, 4.69) is 46.1 Å². The Hall–Kier alpha value is -0.450. The van der Waals surface area contributed by atoms with Crippen LogP contribution in [0.15, 0.2) is 22.7 Å². The molecule has 0 radical (unpaired) electrons. The highest BCUT2D eigenvalue weighted by Crippen LogP contribution is 2.33. The second kappa shape index (κ2) is 6.13. The van der Waals surface area contributed by atoms with Crippen LogP contribution in [0.2, 0.25) is 0 Å². The topological polar surface area (TPSA) is 16.1 Å². The number of hydrogen-bond donors (Lipinski definition) is 0. The molecule has 4 heteroatoms. The normalized spacial score (nSPS) is 19.9. The predicted octanol–water partition coefficient (Wildman–Crippen LogP) is 4.50. The molecule has 0 aliphatic carbocycles. The Morgan fingerprint density at radius 2 is 2.17 bits per heavy atom. The van der Waals surface area contributed by atoms with Crippen LogP contribution in [-0.2, 0) is 0 Å². The number of rotatable bonds is 1. The lowest BCUT2D eigenvalue weighted by Gasteiger charge is -2.06. The molecule has 2 nitrogen and oxygen atoms in total. The van der Waals surface area contributed by atoms with E-state index in [1.165, 1.54) is 22.7 Å². The quantitative estimate of drug-likeness (QED) is 0.766. The zero-order valence-corrected chi connectivity index (χ0v) is 13.5. The number of likely N-dealkylation sites (N-methyl/N-ethyl adjacent to an activating group) is 1. The van der Waals surface area contributed by atoms with Gasteiger partial charge >= 0.3 is 0 Å². The Bertz CT molecular complexity index is 523. The SMILES string of the molecule is CC.CN1CCC(c2nc3cc(Br)ccc3s2)C1. The van der Waals surface area contributed by atoms with E-state index in [-0.39, 0.29) is 0 Å². The molecule has 1 atom stereocenters. The molecular weight excluding hydrogens is 308 g/mol. The van der Waals surface area contributed by atoms with Gasteiger partial charge in [0.25, 0.3) is 0 Å². The van der Waals surface area contributed by atoms with Gasteiger partial charge in [-0.05, 0) is 38.2 Å². The molecule has 2 aromatic rings. The highest BCUT2D eigenvalue weighted by Gasteiger charge is 2.23. The fourth-order valence-electron chi connectivity index (χ4n) is 2.23. The van der Waals surface area contributed by atoms with E-state index >= 15 is 0 Å². The third-order valence-corrected chi connectivity index (χ3v) is 4.80. The Morgan fingerprint density at radius 3 is 2.83 bits per heavy atom. The van der Waals surface area contributed by atoms with Gasteiger partial charge in [0, 0.05) is 16.9 Å². The van der Waals surface area contributed by atoms with Crippen LogP contribution in [0, 0.1) is 0 Å². The molecule has 1 aliphatic rings. The zero-order chi connectivity index (χ0) is 13.1. The average Bonchev–Trinajstić information content (AvgIpc) is 2.97. The van der Waals surface area contributed by atoms with Crippen LogP contribution in [-0.4, -0.2) is 30.0 Å². The molecule has 0 spiro atoms. The molecule has 1 aromatic carbocycles. The molecule has 1 saturated heterocycles. The number of hydrogen-bond acceptors (Lipinski definition) is 3. The van der Waals surface area contributed by atoms with E-state index < -0.39 is 0 Å². The standard InChI is InChI=1S/C12H13BrN2S.C2H6/c1-15-5-4-8(7-15)12-14-10-6-9(13)2-3-11(10)16-12;1-2/h2-3,6,8H,4-5,7H2,1H3;1-2H3. The summed E-state index contributed by atoms with van der Waals surface area (Å²) in [7, 11) is 2.18. The molecule has 1 unspecified atom stereocenters. The highest BCUT2D eigenvalue weighted by atomic mass is 79.9. The molecular formula is C14H19BrN2S. The summed E-state index contributed by atoms with van der Waals surface area (Å²) >= 11 is 5.34. The molecule has 0 bridgehead atoms. The van der Waals surface area contributed by atoms with Crippen molar-refractivity contribution in [2.75, 3.05) is 20.1 Å². The number of aromatic nitrogens is 1. The summed E-state index contributed by atoms with van der Waals surface area (Å²) in [6.07, 6.45) is 1.25. The van der Waals surface area contributed by atoms with Crippen molar-refractivity contribution in [1.29, 1.82) is 0 Å². The number of thiazole rings is 1. The fraction of sp³-hybridized carbons (Fsp3) is 0.500. The first-order chi connectivity index (χ1) is 8.72. The summed E-state index contributed by atoms with van der Waals surface area (Å²) in [6.45, 7) is 6.35. The van der Waals surface area contributed by atoms with E-state index in [1.807, 2.05) is 25.2 Å². The lowest BCUT2D eigenvalue weighted by Crippen LogP contribution is -2.13. The first kappa shape index (κ1) is 14.0. The van der Waals surface area contributed by atoms with Crippen LogP contribution in [0.4, 0.5) is 0 Å². The lowest BCUT2D eigenvalue weighted by molar-refractivity contribution is 0.411. The lowest BCUT2D eigenvalue weighted by atomic mass is 10.1. The first-order valence-electron chi connectivity index (χ1n) is 6.47. The minimum Gasteiger partial charge on any atom is -0.306 e. The second-order valence-corrected chi connectivity index (χ2v) is 6.39. The third kappa shape index (κ3) is 2.92. The molecule has 2 heterocycles. The maximum Gasteiger partial charge on any atom is 0.0982 e. The molecule has 1 fully saturated rings. The first-order valence-corrected chi connectivity index (χ1v) is 8.08. The van der Waals surface area contributed by atoms with Crippen LogP contribution in [0.1, 0.15) is 31.2 Å².